The van der Waals surface area contributed by atoms with Gasteiger partial charge >= 0.3 is 0 Å². The standard InChI is InChI=1S/C15H13BrFNO/c1-9-3-5-11(17)7-13(9)15(19)18-12-6-4-10(2)14(16)8-12/h3-8H,1-2H3,(H,18,19). The lowest BCUT2D eigenvalue weighted by Crippen LogP contribution is -2.13. The van der Waals surface area contributed by atoms with Gasteiger partial charge in [-0.2, -0.15) is 0 Å². The van der Waals surface area contributed by atoms with Crippen molar-refractivity contribution in [3.05, 3.63) is 63.4 Å². The molecule has 0 bridgehead atoms. The molecule has 19 heavy (non-hydrogen) atoms. The first-order valence-electron chi connectivity index (χ1n) is 5.81. The maximum absolute atomic E-state index is 13.2. The molecule has 0 aliphatic rings. The minimum Gasteiger partial charge on any atom is -0.322 e. The van der Waals surface area contributed by atoms with Gasteiger partial charge in [-0.15, -0.1) is 0 Å². The van der Waals surface area contributed by atoms with Crippen LogP contribution >= 0.6 is 15.9 Å². The zero-order valence-electron chi connectivity index (χ0n) is 10.6. The Labute approximate surface area is 119 Å². The lowest BCUT2D eigenvalue weighted by molar-refractivity contribution is 0.102. The monoisotopic (exact) mass is 321 g/mol. The SMILES string of the molecule is Cc1ccc(NC(=O)c2cc(F)ccc2C)cc1Br. The quantitative estimate of drug-likeness (QED) is 0.869. The Bertz CT molecular complexity index is 640. The van der Waals surface area contributed by atoms with Gasteiger partial charge in [0.25, 0.3) is 5.91 Å². The average molecular weight is 322 g/mol. The fraction of sp³-hybridized carbons (Fsp3) is 0.133. The van der Waals surface area contributed by atoms with Crippen molar-refractivity contribution in [3.63, 3.8) is 0 Å². The lowest BCUT2D eigenvalue weighted by atomic mass is 10.1. The summed E-state index contributed by atoms with van der Waals surface area (Å²) in [5.74, 6) is -0.728. The van der Waals surface area contributed by atoms with E-state index in [1.165, 1.54) is 12.1 Å². The van der Waals surface area contributed by atoms with Crippen LogP contribution < -0.4 is 5.32 Å². The summed E-state index contributed by atoms with van der Waals surface area (Å²) in [7, 11) is 0. The van der Waals surface area contributed by atoms with E-state index in [1.54, 1.807) is 13.0 Å². The third-order valence-electron chi connectivity index (χ3n) is 2.87. The zero-order chi connectivity index (χ0) is 14.0. The highest BCUT2D eigenvalue weighted by Crippen LogP contribution is 2.21. The molecular weight excluding hydrogens is 309 g/mol. The highest BCUT2D eigenvalue weighted by Gasteiger charge is 2.10. The van der Waals surface area contributed by atoms with Crippen LogP contribution in [0.2, 0.25) is 0 Å². The van der Waals surface area contributed by atoms with Gasteiger partial charge in [-0.05, 0) is 49.2 Å². The van der Waals surface area contributed by atoms with E-state index in [0.29, 0.717) is 11.3 Å². The summed E-state index contributed by atoms with van der Waals surface area (Å²) in [5, 5.41) is 2.76. The Kier molecular flexibility index (Phi) is 4.00. The van der Waals surface area contributed by atoms with E-state index < -0.39 is 5.82 Å². The molecule has 4 heteroatoms. The van der Waals surface area contributed by atoms with Gasteiger partial charge in [0, 0.05) is 15.7 Å². The molecule has 0 aromatic heterocycles. The number of rotatable bonds is 2. The summed E-state index contributed by atoms with van der Waals surface area (Å²) >= 11 is 3.41. The van der Waals surface area contributed by atoms with Crippen LogP contribution in [0.15, 0.2) is 40.9 Å². The second-order valence-corrected chi connectivity index (χ2v) is 5.23. The summed E-state index contributed by atoms with van der Waals surface area (Å²) in [6, 6.07) is 9.71. The molecule has 1 amide bonds. The fourth-order valence-electron chi connectivity index (χ4n) is 1.71. The van der Waals surface area contributed by atoms with Crippen LogP contribution in [0.1, 0.15) is 21.5 Å². The molecule has 2 nitrogen and oxygen atoms in total. The number of aryl methyl sites for hydroxylation is 2. The predicted octanol–water partition coefficient (Wildman–Crippen LogP) is 4.46. The largest absolute Gasteiger partial charge is 0.322 e. The summed E-state index contributed by atoms with van der Waals surface area (Å²) in [4.78, 5) is 12.1. The topological polar surface area (TPSA) is 29.1 Å². The minimum atomic E-state index is -0.416. The molecule has 0 radical (unpaired) electrons. The van der Waals surface area contributed by atoms with Gasteiger partial charge in [0.1, 0.15) is 5.82 Å². The number of benzene rings is 2. The van der Waals surface area contributed by atoms with Crippen LogP contribution in [0.3, 0.4) is 0 Å². The summed E-state index contributed by atoms with van der Waals surface area (Å²) in [6.45, 7) is 3.74. The minimum absolute atomic E-state index is 0.312. The summed E-state index contributed by atoms with van der Waals surface area (Å²) in [6.07, 6.45) is 0. The predicted molar refractivity (Wildman–Crippen MR) is 78.0 cm³/mol. The van der Waals surface area contributed by atoms with E-state index >= 15 is 0 Å². The van der Waals surface area contributed by atoms with Crippen molar-refractivity contribution in [1.29, 1.82) is 0 Å². The van der Waals surface area contributed by atoms with Gasteiger partial charge in [-0.25, -0.2) is 4.39 Å². The Morgan fingerprint density at radius 3 is 2.47 bits per heavy atom. The molecule has 2 aromatic rings. The second kappa shape index (κ2) is 5.53. The summed E-state index contributed by atoms with van der Waals surface area (Å²) < 4.78 is 14.1. The van der Waals surface area contributed by atoms with Crippen molar-refractivity contribution < 1.29 is 9.18 Å². The molecule has 0 unspecified atom stereocenters. The Morgan fingerprint density at radius 2 is 1.79 bits per heavy atom. The van der Waals surface area contributed by atoms with Gasteiger partial charge in [0.05, 0.1) is 0 Å². The van der Waals surface area contributed by atoms with E-state index in [1.807, 2.05) is 25.1 Å². The number of anilines is 1. The fourth-order valence-corrected chi connectivity index (χ4v) is 2.09. The average Bonchev–Trinajstić information content (AvgIpc) is 2.36. The number of carbonyl (C=O) groups excluding carboxylic acids is 1. The van der Waals surface area contributed by atoms with Gasteiger partial charge in [-0.1, -0.05) is 28.1 Å². The van der Waals surface area contributed by atoms with E-state index in [4.69, 9.17) is 0 Å². The number of hydrogen-bond donors (Lipinski definition) is 1. The van der Waals surface area contributed by atoms with Crippen molar-refractivity contribution in [2.24, 2.45) is 0 Å². The molecular formula is C15H13BrFNO. The molecule has 0 heterocycles. The molecule has 0 atom stereocenters. The van der Waals surface area contributed by atoms with Crippen LogP contribution in [0, 0.1) is 19.7 Å². The Hall–Kier alpha value is -1.68. The number of amides is 1. The molecule has 98 valence electrons. The van der Waals surface area contributed by atoms with Crippen LogP contribution in [0.4, 0.5) is 10.1 Å². The maximum atomic E-state index is 13.2. The number of nitrogens with one attached hydrogen (secondary N) is 1. The molecule has 0 aliphatic heterocycles. The van der Waals surface area contributed by atoms with Gasteiger partial charge in [0.2, 0.25) is 0 Å². The smallest absolute Gasteiger partial charge is 0.256 e. The first-order valence-corrected chi connectivity index (χ1v) is 6.60. The number of hydrogen-bond acceptors (Lipinski definition) is 1. The van der Waals surface area contributed by atoms with Crippen LogP contribution in [-0.2, 0) is 0 Å². The molecule has 0 saturated carbocycles. The number of halogens is 2. The van der Waals surface area contributed by atoms with Crippen LogP contribution in [0.5, 0.6) is 0 Å². The van der Waals surface area contributed by atoms with Gasteiger partial charge < -0.3 is 5.32 Å². The van der Waals surface area contributed by atoms with E-state index in [2.05, 4.69) is 21.2 Å². The molecule has 0 aliphatic carbocycles. The van der Waals surface area contributed by atoms with Crippen molar-refractivity contribution in [1.82, 2.24) is 0 Å². The molecule has 2 rings (SSSR count). The highest BCUT2D eigenvalue weighted by molar-refractivity contribution is 9.10. The number of carbonyl (C=O) groups is 1. The summed E-state index contributed by atoms with van der Waals surface area (Å²) in [5.41, 5.74) is 2.84. The van der Waals surface area contributed by atoms with E-state index in [9.17, 15) is 9.18 Å². The molecule has 1 N–H and O–H groups in total. The molecule has 0 spiro atoms. The third kappa shape index (κ3) is 3.20. The zero-order valence-corrected chi connectivity index (χ0v) is 12.2. The van der Waals surface area contributed by atoms with Crippen LogP contribution in [0.25, 0.3) is 0 Å². The van der Waals surface area contributed by atoms with Crippen molar-refractivity contribution in [2.45, 2.75) is 13.8 Å². The third-order valence-corrected chi connectivity index (χ3v) is 3.73. The van der Waals surface area contributed by atoms with Crippen molar-refractivity contribution >= 4 is 27.5 Å². The highest BCUT2D eigenvalue weighted by atomic mass is 79.9. The first kappa shape index (κ1) is 13.7. The van der Waals surface area contributed by atoms with Gasteiger partial charge in [-0.3, -0.25) is 4.79 Å². The molecule has 0 saturated heterocycles. The molecule has 0 fully saturated rings. The van der Waals surface area contributed by atoms with Crippen LogP contribution in [-0.4, -0.2) is 5.91 Å². The first-order chi connectivity index (χ1) is 8.97. The second-order valence-electron chi connectivity index (χ2n) is 4.38. The molecule has 2 aromatic carbocycles. The van der Waals surface area contributed by atoms with E-state index in [-0.39, 0.29) is 5.91 Å². The maximum Gasteiger partial charge on any atom is 0.256 e. The van der Waals surface area contributed by atoms with E-state index in [0.717, 1.165) is 15.6 Å². The van der Waals surface area contributed by atoms with Crippen molar-refractivity contribution in [2.75, 3.05) is 5.32 Å². The Balaban J connectivity index is 2.25. The normalized spacial score (nSPS) is 10.3. The van der Waals surface area contributed by atoms with Gasteiger partial charge in [0.15, 0.2) is 0 Å². The lowest BCUT2D eigenvalue weighted by Gasteiger charge is -2.09. The Morgan fingerprint density at radius 1 is 1.11 bits per heavy atom. The van der Waals surface area contributed by atoms with Crippen molar-refractivity contribution in [3.8, 4) is 0 Å².